The smallest absolute Gasteiger partial charge is 0.194 e. The Bertz CT molecular complexity index is 331. The van der Waals surface area contributed by atoms with Crippen molar-refractivity contribution in [2.45, 2.75) is 19.4 Å². The molecule has 0 saturated heterocycles. The number of hydrogen-bond acceptors (Lipinski definition) is 3. The first-order valence-corrected chi connectivity index (χ1v) is 3.84. The van der Waals surface area contributed by atoms with E-state index in [9.17, 15) is 9.50 Å². The van der Waals surface area contributed by atoms with Gasteiger partial charge in [-0.3, -0.25) is 0 Å². The van der Waals surface area contributed by atoms with E-state index in [1.807, 2.05) is 0 Å². The van der Waals surface area contributed by atoms with Gasteiger partial charge in [-0.2, -0.15) is 0 Å². The van der Waals surface area contributed by atoms with Crippen molar-refractivity contribution >= 4 is 0 Å². The van der Waals surface area contributed by atoms with Gasteiger partial charge in [0.1, 0.15) is 0 Å². The second-order valence-electron chi connectivity index (χ2n) is 3.51. The van der Waals surface area contributed by atoms with Crippen LogP contribution in [-0.4, -0.2) is 10.2 Å². The summed E-state index contributed by atoms with van der Waals surface area (Å²) in [6.45, 7) is 3.30. The van der Waals surface area contributed by atoms with Crippen molar-refractivity contribution in [3.63, 3.8) is 0 Å². The maximum absolute atomic E-state index is 12.7. The van der Waals surface area contributed by atoms with Crippen LogP contribution in [0.15, 0.2) is 12.1 Å². The molecule has 0 aliphatic heterocycles. The van der Waals surface area contributed by atoms with Crippen LogP contribution in [0.5, 0.6) is 11.5 Å². The predicted octanol–water partition coefficient (Wildman–Crippen LogP) is 1.43. The molecule has 1 aromatic carbocycles. The number of rotatable bonds is 1. The molecular formula is C9H12FNO2. The first kappa shape index (κ1) is 9.80. The number of hydrogen-bond donors (Lipinski definition) is 3. The summed E-state index contributed by atoms with van der Waals surface area (Å²) < 4.78 is 12.7. The van der Waals surface area contributed by atoms with Gasteiger partial charge in [0.25, 0.3) is 0 Å². The molecule has 0 aliphatic carbocycles. The summed E-state index contributed by atoms with van der Waals surface area (Å²) in [6.07, 6.45) is 0. The van der Waals surface area contributed by atoms with E-state index < -0.39 is 22.9 Å². The first-order chi connectivity index (χ1) is 5.84. The van der Waals surface area contributed by atoms with Crippen LogP contribution in [0.3, 0.4) is 0 Å². The molecule has 4 N–H and O–H groups in total. The van der Waals surface area contributed by atoms with Crippen molar-refractivity contribution < 1.29 is 14.6 Å². The highest BCUT2D eigenvalue weighted by atomic mass is 19.1. The largest absolute Gasteiger partial charge is 0.504 e. The zero-order valence-electron chi connectivity index (χ0n) is 7.50. The molecular weight excluding hydrogens is 173 g/mol. The summed E-state index contributed by atoms with van der Waals surface area (Å²) in [7, 11) is 0. The van der Waals surface area contributed by atoms with E-state index in [0.717, 1.165) is 6.07 Å². The molecule has 0 radical (unpaired) electrons. The molecule has 0 amide bonds. The van der Waals surface area contributed by atoms with Crippen molar-refractivity contribution in [2.75, 3.05) is 0 Å². The van der Waals surface area contributed by atoms with Gasteiger partial charge in [-0.05, 0) is 19.9 Å². The average Bonchev–Trinajstić information content (AvgIpc) is 1.98. The second-order valence-corrected chi connectivity index (χ2v) is 3.51. The monoisotopic (exact) mass is 185 g/mol. The van der Waals surface area contributed by atoms with E-state index in [0.29, 0.717) is 5.56 Å². The van der Waals surface area contributed by atoms with Crippen LogP contribution < -0.4 is 5.73 Å². The quantitative estimate of drug-likeness (QED) is 0.580. The third kappa shape index (κ3) is 1.72. The molecule has 3 nitrogen and oxygen atoms in total. The van der Waals surface area contributed by atoms with E-state index in [1.54, 1.807) is 13.8 Å². The third-order valence-corrected chi connectivity index (χ3v) is 1.80. The van der Waals surface area contributed by atoms with E-state index in [-0.39, 0.29) is 0 Å². The van der Waals surface area contributed by atoms with Gasteiger partial charge >= 0.3 is 0 Å². The summed E-state index contributed by atoms with van der Waals surface area (Å²) in [5, 5.41) is 18.4. The van der Waals surface area contributed by atoms with Crippen LogP contribution in [0.4, 0.5) is 4.39 Å². The van der Waals surface area contributed by atoms with E-state index in [1.165, 1.54) is 6.07 Å². The van der Waals surface area contributed by atoms with Gasteiger partial charge in [-0.15, -0.1) is 0 Å². The molecule has 0 atom stereocenters. The van der Waals surface area contributed by atoms with Crippen molar-refractivity contribution in [3.05, 3.63) is 23.5 Å². The Kier molecular flexibility index (Phi) is 2.17. The molecule has 1 rings (SSSR count). The fraction of sp³-hybridized carbons (Fsp3) is 0.333. The van der Waals surface area contributed by atoms with Gasteiger partial charge in [-0.1, -0.05) is 6.07 Å². The normalized spacial score (nSPS) is 11.7. The van der Waals surface area contributed by atoms with Crippen LogP contribution >= 0.6 is 0 Å². The standard InChI is InChI=1S/C9H12FNO2/c1-9(2,11)5-3-4-6(10)8(13)7(5)12/h3-4,12-13H,11H2,1-2H3. The Hall–Kier alpha value is -1.29. The molecule has 0 aliphatic rings. The van der Waals surface area contributed by atoms with Gasteiger partial charge in [-0.25, -0.2) is 4.39 Å². The van der Waals surface area contributed by atoms with Crippen LogP contribution in [0.2, 0.25) is 0 Å². The molecule has 72 valence electrons. The van der Waals surface area contributed by atoms with Gasteiger partial charge in [0.15, 0.2) is 17.3 Å². The highest BCUT2D eigenvalue weighted by Gasteiger charge is 2.22. The van der Waals surface area contributed by atoms with Gasteiger partial charge < -0.3 is 15.9 Å². The number of nitrogens with two attached hydrogens (primary N) is 1. The highest BCUT2D eigenvalue weighted by Crippen LogP contribution is 2.36. The van der Waals surface area contributed by atoms with Crippen molar-refractivity contribution in [1.29, 1.82) is 0 Å². The molecule has 0 saturated carbocycles. The fourth-order valence-electron chi connectivity index (χ4n) is 1.07. The zero-order chi connectivity index (χ0) is 10.2. The molecule has 4 heteroatoms. The number of halogens is 1. The summed E-state index contributed by atoms with van der Waals surface area (Å²) in [6, 6.07) is 2.42. The van der Waals surface area contributed by atoms with Gasteiger partial charge in [0.2, 0.25) is 0 Å². The van der Waals surface area contributed by atoms with Crippen LogP contribution in [0.1, 0.15) is 19.4 Å². The zero-order valence-corrected chi connectivity index (χ0v) is 7.50. The fourth-order valence-corrected chi connectivity index (χ4v) is 1.07. The van der Waals surface area contributed by atoms with Crippen LogP contribution in [0.25, 0.3) is 0 Å². The maximum atomic E-state index is 12.7. The number of phenols is 2. The first-order valence-electron chi connectivity index (χ1n) is 3.84. The lowest BCUT2D eigenvalue weighted by Crippen LogP contribution is -2.28. The second kappa shape index (κ2) is 2.88. The van der Waals surface area contributed by atoms with E-state index in [4.69, 9.17) is 10.8 Å². The Balaban J connectivity index is 3.35. The third-order valence-electron chi connectivity index (χ3n) is 1.80. The van der Waals surface area contributed by atoms with Crippen molar-refractivity contribution in [2.24, 2.45) is 5.73 Å². The van der Waals surface area contributed by atoms with Crippen LogP contribution in [0, 0.1) is 5.82 Å². The molecule has 0 bridgehead atoms. The van der Waals surface area contributed by atoms with E-state index >= 15 is 0 Å². The van der Waals surface area contributed by atoms with E-state index in [2.05, 4.69) is 0 Å². The Morgan fingerprint density at radius 1 is 1.23 bits per heavy atom. The summed E-state index contributed by atoms with van der Waals surface area (Å²) in [4.78, 5) is 0. The minimum absolute atomic E-state index is 0.311. The number of benzene rings is 1. The minimum atomic E-state index is -0.856. The Labute approximate surface area is 75.6 Å². The molecule has 0 spiro atoms. The molecule has 0 fully saturated rings. The van der Waals surface area contributed by atoms with Crippen LogP contribution in [-0.2, 0) is 5.54 Å². The maximum Gasteiger partial charge on any atom is 0.194 e. The van der Waals surface area contributed by atoms with Crippen molar-refractivity contribution in [1.82, 2.24) is 0 Å². The number of aromatic hydroxyl groups is 2. The minimum Gasteiger partial charge on any atom is -0.504 e. The Morgan fingerprint density at radius 2 is 1.77 bits per heavy atom. The lowest BCUT2D eigenvalue weighted by molar-refractivity contribution is 0.365. The molecule has 0 aromatic heterocycles. The SMILES string of the molecule is CC(C)(N)c1ccc(F)c(O)c1O. The number of phenolic OH excluding ortho intramolecular Hbond substituents is 2. The summed E-state index contributed by atoms with van der Waals surface area (Å²) >= 11 is 0. The average molecular weight is 185 g/mol. The lowest BCUT2D eigenvalue weighted by Gasteiger charge is -2.20. The Morgan fingerprint density at radius 3 is 2.23 bits per heavy atom. The topological polar surface area (TPSA) is 66.5 Å². The molecule has 13 heavy (non-hydrogen) atoms. The van der Waals surface area contributed by atoms with Gasteiger partial charge in [0, 0.05) is 11.1 Å². The molecule has 1 aromatic rings. The van der Waals surface area contributed by atoms with Crippen molar-refractivity contribution in [3.8, 4) is 11.5 Å². The lowest BCUT2D eigenvalue weighted by atomic mass is 9.94. The molecule has 0 unspecified atom stereocenters. The molecule has 0 heterocycles. The summed E-state index contributed by atoms with van der Waals surface area (Å²) in [5.74, 6) is -2.10. The predicted molar refractivity (Wildman–Crippen MR) is 46.9 cm³/mol. The summed E-state index contributed by atoms with van der Waals surface area (Å²) in [5.41, 5.74) is 5.18. The van der Waals surface area contributed by atoms with Gasteiger partial charge in [0.05, 0.1) is 0 Å². The highest BCUT2D eigenvalue weighted by molar-refractivity contribution is 5.48.